The summed E-state index contributed by atoms with van der Waals surface area (Å²) in [6.45, 7) is 6.07. The molecule has 4 heteroatoms. The summed E-state index contributed by atoms with van der Waals surface area (Å²) in [6.07, 6.45) is 7.92. The number of rotatable bonds is 3. The van der Waals surface area contributed by atoms with Gasteiger partial charge in [0.15, 0.2) is 0 Å². The van der Waals surface area contributed by atoms with Crippen molar-refractivity contribution in [2.45, 2.75) is 64.7 Å². The molecule has 0 atom stereocenters. The Kier molecular flexibility index (Phi) is 4.63. The number of aryl methyl sites for hydroxylation is 2. The van der Waals surface area contributed by atoms with Gasteiger partial charge in [0.2, 0.25) is 5.91 Å². The van der Waals surface area contributed by atoms with Crippen molar-refractivity contribution in [2.75, 3.05) is 13.1 Å². The summed E-state index contributed by atoms with van der Waals surface area (Å²) >= 11 is 1.95. The van der Waals surface area contributed by atoms with E-state index in [1.807, 2.05) is 11.3 Å². The highest BCUT2D eigenvalue weighted by atomic mass is 32.1. The zero-order chi connectivity index (χ0) is 14.8. The fourth-order valence-corrected chi connectivity index (χ4v) is 4.72. The predicted octanol–water partition coefficient (Wildman–Crippen LogP) is 3.77. The summed E-state index contributed by atoms with van der Waals surface area (Å²) in [6, 6.07) is 0. The second-order valence-corrected chi connectivity index (χ2v) is 8.00. The smallest absolute Gasteiger partial charge is 0.222 e. The number of carbonyl (C=O) groups excluding carboxylic acids is 1. The molecule has 3 nitrogen and oxygen atoms in total. The van der Waals surface area contributed by atoms with Crippen molar-refractivity contribution in [3.63, 3.8) is 0 Å². The summed E-state index contributed by atoms with van der Waals surface area (Å²) in [4.78, 5) is 20.6. The lowest BCUT2D eigenvalue weighted by molar-refractivity contribution is -0.133. The minimum Gasteiger partial charge on any atom is -0.343 e. The quantitative estimate of drug-likeness (QED) is 0.851. The first kappa shape index (κ1) is 15.0. The van der Waals surface area contributed by atoms with Gasteiger partial charge in [0.05, 0.1) is 10.7 Å². The van der Waals surface area contributed by atoms with Gasteiger partial charge in [-0.25, -0.2) is 4.98 Å². The largest absolute Gasteiger partial charge is 0.343 e. The zero-order valence-corrected chi connectivity index (χ0v) is 14.0. The van der Waals surface area contributed by atoms with Gasteiger partial charge in [0, 0.05) is 30.3 Å². The van der Waals surface area contributed by atoms with Gasteiger partial charge in [-0.3, -0.25) is 4.79 Å². The molecule has 0 bridgehead atoms. The molecule has 3 rings (SSSR count). The van der Waals surface area contributed by atoms with Crippen LogP contribution in [0.1, 0.15) is 67.4 Å². The molecule has 1 amide bonds. The SMILES string of the molecule is CC(C)CC(=O)N1CCC(c2nc3c(s2)CCCC3)CC1. The van der Waals surface area contributed by atoms with Crippen LogP contribution in [0.15, 0.2) is 0 Å². The summed E-state index contributed by atoms with van der Waals surface area (Å²) in [5.41, 5.74) is 1.37. The number of hydrogen-bond donors (Lipinski definition) is 0. The van der Waals surface area contributed by atoms with Crippen molar-refractivity contribution >= 4 is 17.2 Å². The van der Waals surface area contributed by atoms with E-state index in [-0.39, 0.29) is 0 Å². The van der Waals surface area contributed by atoms with Crippen LogP contribution in [0.25, 0.3) is 0 Å². The predicted molar refractivity (Wildman–Crippen MR) is 86.8 cm³/mol. The van der Waals surface area contributed by atoms with E-state index in [9.17, 15) is 4.79 Å². The van der Waals surface area contributed by atoms with Gasteiger partial charge < -0.3 is 4.90 Å². The van der Waals surface area contributed by atoms with Gasteiger partial charge in [-0.05, 0) is 44.4 Å². The van der Waals surface area contributed by atoms with E-state index in [4.69, 9.17) is 4.98 Å². The third kappa shape index (κ3) is 3.47. The maximum absolute atomic E-state index is 12.1. The molecule has 0 saturated carbocycles. The van der Waals surface area contributed by atoms with E-state index in [0.29, 0.717) is 24.2 Å². The van der Waals surface area contributed by atoms with Gasteiger partial charge in [0.1, 0.15) is 0 Å². The van der Waals surface area contributed by atoms with Crippen molar-refractivity contribution in [1.29, 1.82) is 0 Å². The van der Waals surface area contributed by atoms with Crippen molar-refractivity contribution < 1.29 is 4.79 Å². The summed E-state index contributed by atoms with van der Waals surface area (Å²) in [5, 5.41) is 1.35. The molecule has 0 spiro atoms. The van der Waals surface area contributed by atoms with E-state index in [2.05, 4.69) is 18.7 Å². The molecule has 0 N–H and O–H groups in total. The van der Waals surface area contributed by atoms with Crippen LogP contribution in [-0.2, 0) is 17.6 Å². The molecule has 1 aromatic heterocycles. The first-order valence-corrected chi connectivity index (χ1v) is 9.21. The molecule has 116 valence electrons. The van der Waals surface area contributed by atoms with E-state index in [1.54, 1.807) is 0 Å². The average molecular weight is 306 g/mol. The number of fused-ring (bicyclic) bond motifs is 1. The van der Waals surface area contributed by atoms with Crippen molar-refractivity contribution in [3.8, 4) is 0 Å². The Bertz CT molecular complexity index is 477. The zero-order valence-electron chi connectivity index (χ0n) is 13.2. The normalized spacial score (nSPS) is 19.9. The lowest BCUT2D eigenvalue weighted by Gasteiger charge is -2.31. The highest BCUT2D eigenvalue weighted by Gasteiger charge is 2.27. The summed E-state index contributed by atoms with van der Waals surface area (Å²) in [5.74, 6) is 1.38. The second-order valence-electron chi connectivity index (χ2n) is 6.88. The number of piperidine rings is 1. The monoisotopic (exact) mass is 306 g/mol. The van der Waals surface area contributed by atoms with E-state index >= 15 is 0 Å². The van der Waals surface area contributed by atoms with Crippen LogP contribution in [-0.4, -0.2) is 28.9 Å². The molecule has 1 fully saturated rings. The lowest BCUT2D eigenvalue weighted by atomic mass is 9.96. The molecule has 1 aliphatic carbocycles. The fourth-order valence-electron chi connectivity index (χ4n) is 3.40. The van der Waals surface area contributed by atoms with Crippen LogP contribution in [0.2, 0.25) is 0 Å². The van der Waals surface area contributed by atoms with Crippen molar-refractivity contribution in [1.82, 2.24) is 9.88 Å². The van der Waals surface area contributed by atoms with Crippen LogP contribution >= 0.6 is 11.3 Å². The molecule has 0 unspecified atom stereocenters. The van der Waals surface area contributed by atoms with Crippen molar-refractivity contribution in [2.24, 2.45) is 5.92 Å². The molecular formula is C17H26N2OS. The number of aromatic nitrogens is 1. The topological polar surface area (TPSA) is 33.2 Å². The minimum atomic E-state index is 0.335. The van der Waals surface area contributed by atoms with Crippen LogP contribution in [0.5, 0.6) is 0 Å². The first-order valence-electron chi connectivity index (χ1n) is 8.39. The minimum absolute atomic E-state index is 0.335. The van der Waals surface area contributed by atoms with Crippen molar-refractivity contribution in [3.05, 3.63) is 15.6 Å². The number of hydrogen-bond acceptors (Lipinski definition) is 3. The molecule has 1 aliphatic heterocycles. The Balaban J connectivity index is 1.58. The van der Waals surface area contributed by atoms with Gasteiger partial charge >= 0.3 is 0 Å². The Morgan fingerprint density at radius 3 is 2.67 bits per heavy atom. The Morgan fingerprint density at radius 1 is 1.29 bits per heavy atom. The molecule has 2 aliphatic rings. The molecule has 2 heterocycles. The van der Waals surface area contributed by atoms with E-state index < -0.39 is 0 Å². The van der Waals surface area contributed by atoms with Crippen LogP contribution in [0, 0.1) is 5.92 Å². The van der Waals surface area contributed by atoms with E-state index in [1.165, 1.54) is 41.3 Å². The molecule has 1 aromatic rings. The number of amides is 1. The number of carbonyl (C=O) groups is 1. The Hall–Kier alpha value is -0.900. The average Bonchev–Trinajstić information content (AvgIpc) is 2.90. The number of nitrogens with zero attached hydrogens (tertiary/aromatic N) is 2. The Labute approximate surface area is 131 Å². The highest BCUT2D eigenvalue weighted by Crippen LogP contribution is 2.35. The lowest BCUT2D eigenvalue weighted by Crippen LogP contribution is -2.38. The third-order valence-electron chi connectivity index (χ3n) is 4.64. The fraction of sp³-hybridized carbons (Fsp3) is 0.765. The maximum Gasteiger partial charge on any atom is 0.222 e. The van der Waals surface area contributed by atoms with Crippen LogP contribution < -0.4 is 0 Å². The summed E-state index contributed by atoms with van der Waals surface area (Å²) in [7, 11) is 0. The molecule has 21 heavy (non-hydrogen) atoms. The second kappa shape index (κ2) is 6.47. The van der Waals surface area contributed by atoms with Gasteiger partial charge in [-0.1, -0.05) is 13.8 Å². The van der Waals surface area contributed by atoms with Gasteiger partial charge in [0.25, 0.3) is 0 Å². The van der Waals surface area contributed by atoms with Crippen LogP contribution in [0.3, 0.4) is 0 Å². The molecule has 0 aromatic carbocycles. The number of thiazole rings is 1. The molecule has 0 radical (unpaired) electrons. The van der Waals surface area contributed by atoms with Crippen LogP contribution in [0.4, 0.5) is 0 Å². The molecular weight excluding hydrogens is 280 g/mol. The molecule has 1 saturated heterocycles. The Morgan fingerprint density at radius 2 is 2.00 bits per heavy atom. The van der Waals surface area contributed by atoms with Gasteiger partial charge in [-0.2, -0.15) is 0 Å². The highest BCUT2D eigenvalue weighted by molar-refractivity contribution is 7.11. The third-order valence-corrected chi connectivity index (χ3v) is 5.96. The standard InChI is InChI=1S/C17H26N2OS/c1-12(2)11-16(20)19-9-7-13(8-10-19)17-18-14-5-3-4-6-15(14)21-17/h12-13H,3-11H2,1-2H3. The first-order chi connectivity index (χ1) is 10.1. The van der Waals surface area contributed by atoms with E-state index in [0.717, 1.165) is 25.9 Å². The van der Waals surface area contributed by atoms with Gasteiger partial charge in [-0.15, -0.1) is 11.3 Å². The number of likely N-dealkylation sites (tertiary alicyclic amines) is 1. The summed E-state index contributed by atoms with van der Waals surface area (Å²) < 4.78 is 0. The maximum atomic E-state index is 12.1.